The third-order valence-electron chi connectivity index (χ3n) is 4.92. The number of nitrogens with zero attached hydrogens (tertiary/aromatic N) is 1. The van der Waals surface area contributed by atoms with Crippen molar-refractivity contribution in [2.45, 2.75) is 13.8 Å². The average Bonchev–Trinajstić information content (AvgIpc) is 2.78. The van der Waals surface area contributed by atoms with Gasteiger partial charge in [-0.1, -0.05) is 30.3 Å². The van der Waals surface area contributed by atoms with Crippen molar-refractivity contribution in [1.29, 1.82) is 0 Å². The zero-order valence-electron chi connectivity index (χ0n) is 17.2. The fraction of sp³-hybridized carbons (Fsp3) is 0.0800. The molecule has 0 spiro atoms. The number of aromatic amines is 1. The van der Waals surface area contributed by atoms with Gasteiger partial charge in [-0.3, -0.25) is 14.6 Å². The number of carbonyl (C=O) groups excluding carboxylic acids is 1. The lowest BCUT2D eigenvalue weighted by molar-refractivity contribution is 0.102. The third kappa shape index (κ3) is 4.38. The molecule has 6 nitrogen and oxygen atoms in total. The van der Waals surface area contributed by atoms with E-state index in [-0.39, 0.29) is 11.0 Å². The van der Waals surface area contributed by atoms with Gasteiger partial charge < -0.3 is 15.0 Å². The molecular formula is C25H21N3O3. The maximum atomic E-state index is 12.9. The lowest BCUT2D eigenvalue weighted by atomic mass is 10.0. The molecule has 0 aliphatic carbocycles. The van der Waals surface area contributed by atoms with Gasteiger partial charge in [0.05, 0.1) is 0 Å². The summed E-state index contributed by atoms with van der Waals surface area (Å²) in [4.78, 5) is 32.7. The molecule has 0 aliphatic rings. The van der Waals surface area contributed by atoms with Gasteiger partial charge in [0.25, 0.3) is 5.91 Å². The number of amides is 1. The summed E-state index contributed by atoms with van der Waals surface area (Å²) in [5, 5.41) is 2.85. The van der Waals surface area contributed by atoms with Crippen LogP contribution in [-0.4, -0.2) is 15.9 Å². The first-order valence-corrected chi connectivity index (χ1v) is 9.80. The highest BCUT2D eigenvalue weighted by molar-refractivity contribution is 6.05. The Balaban J connectivity index is 1.59. The quantitative estimate of drug-likeness (QED) is 0.479. The maximum Gasteiger partial charge on any atom is 0.261 e. The maximum absolute atomic E-state index is 12.9. The smallest absolute Gasteiger partial charge is 0.261 e. The van der Waals surface area contributed by atoms with Crippen molar-refractivity contribution in [3.05, 3.63) is 106 Å². The minimum atomic E-state index is -0.468. The fourth-order valence-electron chi connectivity index (χ4n) is 3.24. The standard InChI is InChI=1S/C25H21N3O3/c1-16-13-23(31-19-8-10-26-11-9-19)17(2)12-22(16)28-25(30)21-15-27-14-20(24(21)29)18-6-4-3-5-7-18/h3-15H,1-2H3,(H,27,29)(H,28,30). The Morgan fingerprint density at radius 1 is 0.968 bits per heavy atom. The number of anilines is 1. The van der Waals surface area contributed by atoms with Crippen LogP contribution in [0, 0.1) is 13.8 Å². The SMILES string of the molecule is Cc1cc(Oc2ccncc2)c(C)cc1NC(=O)c1c[nH]cc(-c2ccccc2)c1=O. The number of rotatable bonds is 5. The van der Waals surface area contributed by atoms with Gasteiger partial charge in [0.1, 0.15) is 17.1 Å². The molecule has 0 atom stereocenters. The molecule has 6 heteroatoms. The highest BCUT2D eigenvalue weighted by atomic mass is 16.5. The van der Waals surface area contributed by atoms with E-state index in [0.29, 0.717) is 22.7 Å². The number of H-pyrrole nitrogens is 1. The van der Waals surface area contributed by atoms with Gasteiger partial charge in [0.15, 0.2) is 0 Å². The first kappa shape index (κ1) is 20.1. The van der Waals surface area contributed by atoms with Crippen molar-refractivity contribution >= 4 is 11.6 Å². The zero-order chi connectivity index (χ0) is 21.8. The number of carbonyl (C=O) groups is 1. The predicted molar refractivity (Wildman–Crippen MR) is 121 cm³/mol. The van der Waals surface area contributed by atoms with Crippen LogP contribution in [0.2, 0.25) is 0 Å². The Labute approximate surface area is 179 Å². The zero-order valence-corrected chi connectivity index (χ0v) is 17.2. The Bertz CT molecular complexity index is 1280. The molecule has 0 bridgehead atoms. The van der Waals surface area contributed by atoms with E-state index in [0.717, 1.165) is 16.7 Å². The minimum absolute atomic E-state index is 0.0514. The van der Waals surface area contributed by atoms with E-state index in [2.05, 4.69) is 15.3 Å². The Morgan fingerprint density at radius 3 is 2.45 bits per heavy atom. The van der Waals surface area contributed by atoms with Gasteiger partial charge in [-0.25, -0.2) is 0 Å². The first-order valence-electron chi connectivity index (χ1n) is 9.80. The van der Waals surface area contributed by atoms with E-state index in [4.69, 9.17) is 4.74 Å². The molecule has 0 radical (unpaired) electrons. The summed E-state index contributed by atoms with van der Waals surface area (Å²) >= 11 is 0. The lowest BCUT2D eigenvalue weighted by Crippen LogP contribution is -2.23. The van der Waals surface area contributed by atoms with Gasteiger partial charge in [-0.05, 0) is 54.8 Å². The van der Waals surface area contributed by atoms with Gasteiger partial charge in [0.2, 0.25) is 5.43 Å². The number of pyridine rings is 2. The molecule has 2 aromatic heterocycles. The highest BCUT2D eigenvalue weighted by Crippen LogP contribution is 2.30. The molecule has 4 aromatic rings. The minimum Gasteiger partial charge on any atom is -0.457 e. The molecule has 0 aliphatic heterocycles. The summed E-state index contributed by atoms with van der Waals surface area (Å²) in [6.07, 6.45) is 6.35. The molecule has 4 rings (SSSR count). The number of benzene rings is 2. The van der Waals surface area contributed by atoms with E-state index in [1.807, 2.05) is 56.3 Å². The van der Waals surface area contributed by atoms with Crippen molar-refractivity contribution in [3.8, 4) is 22.6 Å². The number of ether oxygens (including phenoxy) is 1. The molecular weight excluding hydrogens is 390 g/mol. The molecule has 1 amide bonds. The van der Waals surface area contributed by atoms with Crippen molar-refractivity contribution in [2.75, 3.05) is 5.32 Å². The summed E-state index contributed by atoms with van der Waals surface area (Å²) in [7, 11) is 0. The molecule has 0 fully saturated rings. The molecule has 0 saturated carbocycles. The van der Waals surface area contributed by atoms with Gasteiger partial charge >= 0.3 is 0 Å². The van der Waals surface area contributed by atoms with Gasteiger partial charge in [-0.15, -0.1) is 0 Å². The molecule has 2 N–H and O–H groups in total. The van der Waals surface area contributed by atoms with Gasteiger partial charge in [-0.2, -0.15) is 0 Å². The normalized spacial score (nSPS) is 10.5. The molecule has 0 unspecified atom stereocenters. The molecule has 0 saturated heterocycles. The molecule has 2 aromatic carbocycles. The van der Waals surface area contributed by atoms with Crippen LogP contribution in [0.15, 0.2) is 84.2 Å². The van der Waals surface area contributed by atoms with Crippen molar-refractivity contribution in [1.82, 2.24) is 9.97 Å². The van der Waals surface area contributed by atoms with E-state index in [1.165, 1.54) is 6.20 Å². The third-order valence-corrected chi connectivity index (χ3v) is 4.92. The second-order valence-corrected chi connectivity index (χ2v) is 7.15. The molecule has 2 heterocycles. The summed E-state index contributed by atoms with van der Waals surface area (Å²) in [6.45, 7) is 3.77. The van der Waals surface area contributed by atoms with Crippen LogP contribution in [0.4, 0.5) is 5.69 Å². The summed E-state index contributed by atoms with van der Waals surface area (Å²) in [6, 6.07) is 16.5. The number of nitrogens with one attached hydrogen (secondary N) is 2. The van der Waals surface area contributed by atoms with E-state index in [1.54, 1.807) is 30.7 Å². The fourth-order valence-corrected chi connectivity index (χ4v) is 3.24. The van der Waals surface area contributed by atoms with Crippen LogP contribution in [-0.2, 0) is 0 Å². The summed E-state index contributed by atoms with van der Waals surface area (Å²) in [5.41, 5.74) is 3.22. The topological polar surface area (TPSA) is 84.1 Å². The molecule has 31 heavy (non-hydrogen) atoms. The number of hydrogen-bond donors (Lipinski definition) is 2. The van der Waals surface area contributed by atoms with Crippen molar-refractivity contribution in [3.63, 3.8) is 0 Å². The van der Waals surface area contributed by atoms with Gasteiger partial charge in [0, 0.05) is 36.0 Å². The monoisotopic (exact) mass is 411 g/mol. The lowest BCUT2D eigenvalue weighted by Gasteiger charge is -2.14. The second kappa shape index (κ2) is 8.67. The van der Waals surface area contributed by atoms with Crippen molar-refractivity contribution < 1.29 is 9.53 Å². The van der Waals surface area contributed by atoms with Crippen LogP contribution in [0.3, 0.4) is 0 Å². The van der Waals surface area contributed by atoms with E-state index < -0.39 is 5.91 Å². The Hall–Kier alpha value is -4.19. The van der Waals surface area contributed by atoms with Crippen LogP contribution in [0.1, 0.15) is 21.5 Å². The number of aromatic nitrogens is 2. The molecule has 154 valence electrons. The van der Waals surface area contributed by atoms with Crippen LogP contribution in [0.5, 0.6) is 11.5 Å². The predicted octanol–water partition coefficient (Wildman–Crippen LogP) is 5.10. The highest BCUT2D eigenvalue weighted by Gasteiger charge is 2.16. The van der Waals surface area contributed by atoms with Crippen LogP contribution < -0.4 is 15.5 Å². The van der Waals surface area contributed by atoms with Crippen LogP contribution >= 0.6 is 0 Å². The van der Waals surface area contributed by atoms with E-state index >= 15 is 0 Å². The van der Waals surface area contributed by atoms with Crippen molar-refractivity contribution in [2.24, 2.45) is 0 Å². The summed E-state index contributed by atoms with van der Waals surface area (Å²) in [5.74, 6) is 0.897. The van der Waals surface area contributed by atoms with Crippen LogP contribution in [0.25, 0.3) is 11.1 Å². The summed E-state index contributed by atoms with van der Waals surface area (Å²) < 4.78 is 5.91. The van der Waals surface area contributed by atoms with E-state index in [9.17, 15) is 9.59 Å². The second-order valence-electron chi connectivity index (χ2n) is 7.15. The number of hydrogen-bond acceptors (Lipinski definition) is 4. The Morgan fingerprint density at radius 2 is 1.71 bits per heavy atom. The average molecular weight is 411 g/mol. The Kier molecular flexibility index (Phi) is 5.62. The largest absolute Gasteiger partial charge is 0.457 e. The number of aryl methyl sites for hydroxylation is 2. The first-order chi connectivity index (χ1) is 15.0.